The lowest BCUT2D eigenvalue weighted by atomic mass is 9.74. The highest BCUT2D eigenvalue weighted by atomic mass is 16.4. The van der Waals surface area contributed by atoms with E-state index in [1.165, 1.54) is 0 Å². The molecule has 5 nitrogen and oxygen atoms in total. The first-order valence-corrected chi connectivity index (χ1v) is 5.08. The maximum Gasteiger partial charge on any atom is 0.305 e. The highest BCUT2D eigenvalue weighted by Gasteiger charge is 2.42. The molecule has 0 aromatic heterocycles. The number of carboxylic acids is 1. The van der Waals surface area contributed by atoms with E-state index in [0.29, 0.717) is 0 Å². The second-order valence-electron chi connectivity index (χ2n) is 4.88. The predicted octanol–water partition coefficient (Wildman–Crippen LogP) is 0.237. The molecule has 1 aliphatic rings. The second kappa shape index (κ2) is 3.81. The minimum absolute atomic E-state index is 0.0190. The van der Waals surface area contributed by atoms with Gasteiger partial charge in [-0.2, -0.15) is 0 Å². The van der Waals surface area contributed by atoms with E-state index < -0.39 is 17.0 Å². The zero-order valence-electron chi connectivity index (χ0n) is 9.17. The Bertz CT molecular complexity index is 277. The van der Waals surface area contributed by atoms with Gasteiger partial charge in [-0.05, 0) is 33.1 Å². The monoisotopic (exact) mass is 214 g/mol. The minimum Gasteiger partial charge on any atom is -0.481 e. The number of carboxylic acid groups (broad SMARTS) is 1. The average molecular weight is 214 g/mol. The maximum absolute atomic E-state index is 11.6. The summed E-state index contributed by atoms with van der Waals surface area (Å²) in [5.74, 6) is -1.17. The molecule has 86 valence electrons. The van der Waals surface area contributed by atoms with Crippen LogP contribution in [-0.4, -0.2) is 28.1 Å². The van der Waals surface area contributed by atoms with Gasteiger partial charge in [-0.3, -0.25) is 9.59 Å². The van der Waals surface area contributed by atoms with Gasteiger partial charge < -0.3 is 16.2 Å². The van der Waals surface area contributed by atoms with E-state index in [1.54, 1.807) is 13.8 Å². The molecule has 5 heteroatoms. The van der Waals surface area contributed by atoms with Crippen LogP contribution in [0.1, 0.15) is 39.5 Å². The van der Waals surface area contributed by atoms with Crippen LogP contribution in [0.5, 0.6) is 0 Å². The van der Waals surface area contributed by atoms with Gasteiger partial charge in [-0.15, -0.1) is 0 Å². The summed E-state index contributed by atoms with van der Waals surface area (Å²) >= 11 is 0. The molecule has 0 bridgehead atoms. The highest BCUT2D eigenvalue weighted by molar-refractivity contribution is 5.86. The molecule has 1 rings (SSSR count). The average Bonchev–Trinajstić information content (AvgIpc) is 1.97. The van der Waals surface area contributed by atoms with E-state index in [1.807, 2.05) is 0 Å². The number of nitrogens with one attached hydrogen (secondary N) is 1. The van der Waals surface area contributed by atoms with E-state index in [0.717, 1.165) is 19.3 Å². The Morgan fingerprint density at radius 2 is 2.00 bits per heavy atom. The molecule has 1 aliphatic carbocycles. The number of carbonyl (C=O) groups is 2. The molecule has 1 saturated carbocycles. The molecule has 0 radical (unpaired) electrons. The van der Waals surface area contributed by atoms with Crippen LogP contribution in [0.25, 0.3) is 0 Å². The number of aliphatic carboxylic acids is 1. The van der Waals surface area contributed by atoms with Crippen molar-refractivity contribution < 1.29 is 14.7 Å². The first-order valence-electron chi connectivity index (χ1n) is 5.08. The first kappa shape index (κ1) is 12.0. The molecule has 15 heavy (non-hydrogen) atoms. The van der Waals surface area contributed by atoms with Crippen LogP contribution < -0.4 is 11.1 Å². The van der Waals surface area contributed by atoms with Gasteiger partial charge in [0.15, 0.2) is 0 Å². The van der Waals surface area contributed by atoms with Crippen LogP contribution in [0, 0.1) is 0 Å². The van der Waals surface area contributed by atoms with Crippen molar-refractivity contribution in [2.24, 2.45) is 5.73 Å². The molecule has 0 atom stereocenters. The Morgan fingerprint density at radius 3 is 2.27 bits per heavy atom. The van der Waals surface area contributed by atoms with Crippen molar-refractivity contribution in [1.29, 1.82) is 0 Å². The van der Waals surface area contributed by atoms with Gasteiger partial charge >= 0.3 is 5.97 Å². The molecular weight excluding hydrogens is 196 g/mol. The molecule has 1 fully saturated rings. The summed E-state index contributed by atoms with van der Waals surface area (Å²) < 4.78 is 0. The summed E-state index contributed by atoms with van der Waals surface area (Å²) in [5, 5.41) is 11.5. The Balaban J connectivity index is 2.61. The number of hydrogen-bond acceptors (Lipinski definition) is 3. The molecule has 1 amide bonds. The van der Waals surface area contributed by atoms with Crippen molar-refractivity contribution in [3.63, 3.8) is 0 Å². The minimum atomic E-state index is -0.957. The van der Waals surface area contributed by atoms with Crippen LogP contribution >= 0.6 is 0 Å². The van der Waals surface area contributed by atoms with Crippen LogP contribution in [0.15, 0.2) is 0 Å². The number of amides is 1. The quantitative estimate of drug-likeness (QED) is 0.625. The van der Waals surface area contributed by atoms with Crippen LogP contribution in [0.2, 0.25) is 0 Å². The zero-order chi connectivity index (χ0) is 11.7. The predicted molar refractivity (Wildman–Crippen MR) is 55.2 cm³/mol. The van der Waals surface area contributed by atoms with Crippen LogP contribution in [0.3, 0.4) is 0 Å². The van der Waals surface area contributed by atoms with Gasteiger partial charge in [0.05, 0.1) is 17.5 Å². The van der Waals surface area contributed by atoms with E-state index in [4.69, 9.17) is 10.8 Å². The van der Waals surface area contributed by atoms with E-state index in [9.17, 15) is 9.59 Å². The largest absolute Gasteiger partial charge is 0.481 e. The summed E-state index contributed by atoms with van der Waals surface area (Å²) in [7, 11) is 0. The highest BCUT2D eigenvalue weighted by Crippen LogP contribution is 2.35. The molecule has 0 saturated heterocycles. The topological polar surface area (TPSA) is 92.4 Å². The lowest BCUT2D eigenvalue weighted by Gasteiger charge is -2.42. The summed E-state index contributed by atoms with van der Waals surface area (Å²) in [4.78, 5) is 22.3. The number of rotatable bonds is 4. The SMILES string of the molecule is CC(C)(N)C(=O)NC1(CC(=O)O)CCC1. The Kier molecular flexibility index (Phi) is 3.04. The van der Waals surface area contributed by atoms with Crippen molar-refractivity contribution in [2.45, 2.75) is 50.6 Å². The second-order valence-corrected chi connectivity index (χ2v) is 4.88. The van der Waals surface area contributed by atoms with Gasteiger partial charge in [0.25, 0.3) is 0 Å². The third-order valence-corrected chi connectivity index (χ3v) is 2.76. The van der Waals surface area contributed by atoms with Crippen molar-refractivity contribution in [1.82, 2.24) is 5.32 Å². The molecule has 0 unspecified atom stereocenters. The van der Waals surface area contributed by atoms with E-state index >= 15 is 0 Å². The normalized spacial score (nSPS) is 19.1. The third kappa shape index (κ3) is 2.92. The Morgan fingerprint density at radius 1 is 1.47 bits per heavy atom. The van der Waals surface area contributed by atoms with Crippen molar-refractivity contribution in [3.8, 4) is 0 Å². The molecular formula is C10H18N2O3. The number of hydrogen-bond donors (Lipinski definition) is 3. The molecule has 0 aromatic rings. The summed E-state index contributed by atoms with van der Waals surface area (Å²) in [6, 6.07) is 0. The lowest BCUT2D eigenvalue weighted by molar-refractivity contribution is -0.141. The molecule has 0 aromatic carbocycles. The lowest BCUT2D eigenvalue weighted by Crippen LogP contribution is -2.61. The van der Waals surface area contributed by atoms with Gasteiger partial charge in [-0.1, -0.05) is 0 Å². The van der Waals surface area contributed by atoms with Crippen LogP contribution in [0.4, 0.5) is 0 Å². The Hall–Kier alpha value is -1.10. The molecule has 4 N–H and O–H groups in total. The summed E-state index contributed by atoms with van der Waals surface area (Å²) in [5.41, 5.74) is 4.12. The van der Waals surface area contributed by atoms with Gasteiger partial charge in [-0.25, -0.2) is 0 Å². The van der Waals surface area contributed by atoms with Crippen molar-refractivity contribution >= 4 is 11.9 Å². The fraction of sp³-hybridized carbons (Fsp3) is 0.800. The van der Waals surface area contributed by atoms with E-state index in [-0.39, 0.29) is 12.3 Å². The summed E-state index contributed by atoms with van der Waals surface area (Å²) in [6.45, 7) is 3.21. The van der Waals surface area contributed by atoms with Gasteiger partial charge in [0.1, 0.15) is 0 Å². The third-order valence-electron chi connectivity index (χ3n) is 2.76. The van der Waals surface area contributed by atoms with Gasteiger partial charge in [0, 0.05) is 0 Å². The first-order chi connectivity index (χ1) is 6.75. The zero-order valence-corrected chi connectivity index (χ0v) is 9.17. The fourth-order valence-electron chi connectivity index (χ4n) is 1.64. The van der Waals surface area contributed by atoms with Gasteiger partial charge in [0.2, 0.25) is 5.91 Å². The Labute approximate surface area is 89.0 Å². The van der Waals surface area contributed by atoms with Crippen LogP contribution in [-0.2, 0) is 9.59 Å². The molecule has 0 aliphatic heterocycles. The molecule has 0 heterocycles. The van der Waals surface area contributed by atoms with Crippen molar-refractivity contribution in [3.05, 3.63) is 0 Å². The smallest absolute Gasteiger partial charge is 0.305 e. The number of nitrogens with two attached hydrogens (primary N) is 1. The standard InChI is InChI=1S/C10H18N2O3/c1-9(2,11)8(15)12-10(4-3-5-10)6-7(13)14/h3-6,11H2,1-2H3,(H,12,15)(H,13,14). The summed E-state index contributed by atoms with van der Waals surface area (Å²) in [6.07, 6.45) is 2.38. The maximum atomic E-state index is 11.6. The number of carbonyl (C=O) groups excluding carboxylic acids is 1. The van der Waals surface area contributed by atoms with Crippen molar-refractivity contribution in [2.75, 3.05) is 0 Å². The fourth-order valence-corrected chi connectivity index (χ4v) is 1.64. The molecule has 0 spiro atoms. The van der Waals surface area contributed by atoms with E-state index in [2.05, 4.69) is 5.32 Å².